The van der Waals surface area contributed by atoms with Crippen LogP contribution in [0.2, 0.25) is 0 Å². The zero-order chi connectivity index (χ0) is 24.8. The molecule has 3 aromatic rings. The largest absolute Gasteiger partial charge is 0.497 e. The highest BCUT2D eigenvalue weighted by molar-refractivity contribution is 7.89. The molecule has 0 aliphatic carbocycles. The zero-order valence-electron chi connectivity index (χ0n) is 19.3. The third kappa shape index (κ3) is 5.72. The minimum atomic E-state index is -3.70. The molecular formula is C25H27N3O6S. The van der Waals surface area contributed by atoms with E-state index in [2.05, 4.69) is 5.32 Å². The van der Waals surface area contributed by atoms with Crippen molar-refractivity contribution in [1.29, 1.82) is 0 Å². The van der Waals surface area contributed by atoms with Crippen LogP contribution in [0.15, 0.2) is 82.3 Å². The molecule has 4 rings (SSSR count). The fourth-order valence-electron chi connectivity index (χ4n) is 3.95. The van der Waals surface area contributed by atoms with Gasteiger partial charge in [0.1, 0.15) is 11.8 Å². The molecule has 0 radical (unpaired) electrons. The first-order valence-corrected chi connectivity index (χ1v) is 12.6. The number of ether oxygens (including phenoxy) is 1. The number of rotatable bonds is 8. The quantitative estimate of drug-likeness (QED) is 0.511. The Morgan fingerprint density at radius 3 is 2.26 bits per heavy atom. The lowest BCUT2D eigenvalue weighted by atomic mass is 10.0. The second-order valence-electron chi connectivity index (χ2n) is 8.10. The van der Waals surface area contributed by atoms with E-state index < -0.39 is 22.0 Å². The van der Waals surface area contributed by atoms with Gasteiger partial charge in [0.15, 0.2) is 5.76 Å². The summed E-state index contributed by atoms with van der Waals surface area (Å²) in [6, 6.07) is 17.9. The second kappa shape index (κ2) is 10.7. The molecule has 2 heterocycles. The van der Waals surface area contributed by atoms with Gasteiger partial charge >= 0.3 is 0 Å². The van der Waals surface area contributed by atoms with Gasteiger partial charge in [0.05, 0.1) is 18.3 Å². The summed E-state index contributed by atoms with van der Waals surface area (Å²) in [5, 5.41) is 2.78. The molecule has 0 bridgehead atoms. The first-order chi connectivity index (χ1) is 16.9. The van der Waals surface area contributed by atoms with Crippen molar-refractivity contribution in [1.82, 2.24) is 14.5 Å². The number of nitrogens with zero attached hydrogens (tertiary/aromatic N) is 2. The van der Waals surface area contributed by atoms with E-state index in [1.54, 1.807) is 23.1 Å². The Bertz CT molecular complexity index is 1240. The number of amides is 2. The Hall–Kier alpha value is -3.63. The highest BCUT2D eigenvalue weighted by atomic mass is 32.2. The second-order valence-corrected chi connectivity index (χ2v) is 10.0. The van der Waals surface area contributed by atoms with E-state index in [0.717, 1.165) is 5.56 Å². The molecule has 35 heavy (non-hydrogen) atoms. The molecule has 0 saturated carbocycles. The molecule has 0 spiro atoms. The molecule has 2 amide bonds. The molecule has 1 atom stereocenters. The fraction of sp³-hybridized carbons (Fsp3) is 0.280. The zero-order valence-corrected chi connectivity index (χ0v) is 20.1. The maximum Gasteiger partial charge on any atom is 0.287 e. The van der Waals surface area contributed by atoms with Crippen LogP contribution in [0.3, 0.4) is 0 Å². The van der Waals surface area contributed by atoms with Gasteiger partial charge < -0.3 is 19.4 Å². The minimum Gasteiger partial charge on any atom is -0.497 e. The van der Waals surface area contributed by atoms with Crippen LogP contribution in [-0.4, -0.2) is 68.8 Å². The topological polar surface area (TPSA) is 109 Å². The predicted octanol–water partition coefficient (Wildman–Crippen LogP) is 2.16. The van der Waals surface area contributed by atoms with Crippen LogP contribution in [-0.2, 0) is 21.2 Å². The van der Waals surface area contributed by atoms with Crippen molar-refractivity contribution in [3.63, 3.8) is 0 Å². The molecule has 1 N–H and O–H groups in total. The number of carbonyl (C=O) groups excluding carboxylic acids is 2. The van der Waals surface area contributed by atoms with Crippen molar-refractivity contribution in [3.05, 3.63) is 84.3 Å². The monoisotopic (exact) mass is 497 g/mol. The van der Waals surface area contributed by atoms with Crippen LogP contribution in [0.25, 0.3) is 0 Å². The van der Waals surface area contributed by atoms with Crippen molar-refractivity contribution in [2.24, 2.45) is 0 Å². The first kappa shape index (κ1) is 24.5. The van der Waals surface area contributed by atoms with Crippen LogP contribution in [0.4, 0.5) is 0 Å². The Morgan fingerprint density at radius 2 is 1.66 bits per heavy atom. The van der Waals surface area contributed by atoms with Gasteiger partial charge in [-0.2, -0.15) is 4.31 Å². The normalized spacial score (nSPS) is 15.4. The lowest BCUT2D eigenvalue weighted by Crippen LogP contribution is -2.56. The van der Waals surface area contributed by atoms with Crippen LogP contribution in [0.1, 0.15) is 16.1 Å². The van der Waals surface area contributed by atoms with Crippen molar-refractivity contribution in [3.8, 4) is 5.75 Å². The van der Waals surface area contributed by atoms with E-state index in [1.165, 1.54) is 35.9 Å². The molecule has 184 valence electrons. The molecule has 1 aromatic heterocycles. The molecule has 1 aliphatic heterocycles. The van der Waals surface area contributed by atoms with Crippen molar-refractivity contribution < 1.29 is 27.2 Å². The maximum absolute atomic E-state index is 13.4. The highest BCUT2D eigenvalue weighted by Gasteiger charge is 2.33. The SMILES string of the molecule is COc1ccc(S(=O)(=O)N2CCN(C(=O)[C@@H](Cc3ccccc3)NC(=O)c3ccco3)CC2)cc1. The van der Waals surface area contributed by atoms with E-state index >= 15 is 0 Å². The molecule has 0 unspecified atom stereocenters. The van der Waals surface area contributed by atoms with Gasteiger partial charge in [-0.25, -0.2) is 8.42 Å². The van der Waals surface area contributed by atoms with Crippen LogP contribution < -0.4 is 10.1 Å². The van der Waals surface area contributed by atoms with Crippen LogP contribution in [0, 0.1) is 0 Å². The summed E-state index contributed by atoms with van der Waals surface area (Å²) < 4.78 is 37.7. The predicted molar refractivity (Wildman–Crippen MR) is 128 cm³/mol. The Labute approximate surface area is 204 Å². The number of hydrogen-bond donors (Lipinski definition) is 1. The summed E-state index contributed by atoms with van der Waals surface area (Å²) in [6.07, 6.45) is 1.70. The first-order valence-electron chi connectivity index (χ1n) is 11.2. The third-order valence-electron chi connectivity index (χ3n) is 5.88. The van der Waals surface area contributed by atoms with Crippen LogP contribution >= 0.6 is 0 Å². The van der Waals surface area contributed by atoms with Gasteiger partial charge in [-0.3, -0.25) is 9.59 Å². The maximum atomic E-state index is 13.4. The Kier molecular flexibility index (Phi) is 7.52. The van der Waals surface area contributed by atoms with Gasteiger partial charge in [0, 0.05) is 32.6 Å². The smallest absolute Gasteiger partial charge is 0.287 e. The number of nitrogens with one attached hydrogen (secondary N) is 1. The van der Waals surface area contributed by atoms with Crippen molar-refractivity contribution in [2.45, 2.75) is 17.4 Å². The lowest BCUT2D eigenvalue weighted by Gasteiger charge is -2.36. The Morgan fingerprint density at radius 1 is 0.971 bits per heavy atom. The summed E-state index contributed by atoms with van der Waals surface area (Å²) in [6.45, 7) is 0.751. The number of benzene rings is 2. The van der Waals surface area contributed by atoms with E-state index in [0.29, 0.717) is 12.2 Å². The van der Waals surface area contributed by atoms with E-state index in [1.807, 2.05) is 30.3 Å². The third-order valence-corrected chi connectivity index (χ3v) is 7.79. The number of furan rings is 1. The fourth-order valence-corrected chi connectivity index (χ4v) is 5.38. The van der Waals surface area contributed by atoms with Gasteiger partial charge in [0.25, 0.3) is 5.91 Å². The van der Waals surface area contributed by atoms with Crippen LogP contribution in [0.5, 0.6) is 5.75 Å². The average molecular weight is 498 g/mol. The van der Waals surface area contributed by atoms with E-state index in [9.17, 15) is 18.0 Å². The lowest BCUT2D eigenvalue weighted by molar-refractivity contribution is -0.134. The molecule has 1 saturated heterocycles. The van der Waals surface area contributed by atoms with Crippen molar-refractivity contribution >= 4 is 21.8 Å². The number of carbonyl (C=O) groups is 2. The van der Waals surface area contributed by atoms with E-state index in [4.69, 9.17) is 9.15 Å². The molecule has 10 heteroatoms. The van der Waals surface area contributed by atoms with Crippen molar-refractivity contribution in [2.75, 3.05) is 33.3 Å². The molecule has 2 aromatic carbocycles. The van der Waals surface area contributed by atoms with Gasteiger partial charge in [0.2, 0.25) is 15.9 Å². The number of methoxy groups -OCH3 is 1. The molecule has 1 aliphatic rings. The van der Waals surface area contributed by atoms with Gasteiger partial charge in [-0.15, -0.1) is 0 Å². The summed E-state index contributed by atoms with van der Waals surface area (Å²) in [5.74, 6) is -0.0630. The average Bonchev–Trinajstić information content (AvgIpc) is 3.44. The standard InChI is InChI=1S/C25H27N3O6S/c1-33-20-9-11-21(12-10-20)35(31,32)28-15-13-27(14-16-28)25(30)22(18-19-6-3-2-4-7-19)26-24(29)23-8-5-17-34-23/h2-12,17,22H,13-16,18H2,1H3,(H,26,29)/t22-/m1/s1. The number of piperazine rings is 1. The number of hydrogen-bond acceptors (Lipinski definition) is 6. The molecule has 9 nitrogen and oxygen atoms in total. The highest BCUT2D eigenvalue weighted by Crippen LogP contribution is 2.21. The van der Waals surface area contributed by atoms with E-state index in [-0.39, 0.29) is 42.7 Å². The molecular weight excluding hydrogens is 470 g/mol. The van der Waals surface area contributed by atoms with Gasteiger partial charge in [-0.05, 0) is 42.0 Å². The van der Waals surface area contributed by atoms with Gasteiger partial charge in [-0.1, -0.05) is 30.3 Å². The summed E-state index contributed by atoms with van der Waals surface area (Å²) in [7, 11) is -2.18. The summed E-state index contributed by atoms with van der Waals surface area (Å²) >= 11 is 0. The Balaban J connectivity index is 1.44. The number of sulfonamides is 1. The molecule has 1 fully saturated rings. The summed E-state index contributed by atoms with van der Waals surface area (Å²) in [4.78, 5) is 27.8. The summed E-state index contributed by atoms with van der Waals surface area (Å²) in [5.41, 5.74) is 0.895. The minimum absolute atomic E-state index is 0.117.